The summed E-state index contributed by atoms with van der Waals surface area (Å²) >= 11 is 1.65. The Morgan fingerprint density at radius 3 is 2.45 bits per heavy atom. The Morgan fingerprint density at radius 2 is 1.81 bits per heavy atom. The molecule has 1 aromatic heterocycles. The van der Waals surface area contributed by atoms with E-state index in [0.29, 0.717) is 45.4 Å². The normalized spacial score (nSPS) is 11.3. The van der Waals surface area contributed by atoms with Crippen LogP contribution in [0, 0.1) is 11.7 Å². The molecule has 0 bridgehead atoms. The first-order chi connectivity index (χ1) is 14.8. The van der Waals surface area contributed by atoms with Gasteiger partial charge in [-0.25, -0.2) is 4.39 Å². The van der Waals surface area contributed by atoms with Crippen molar-refractivity contribution in [2.45, 2.75) is 36.2 Å². The smallest absolute Gasteiger partial charge is 0.288 e. The fourth-order valence-electron chi connectivity index (χ4n) is 2.81. The zero-order chi connectivity index (χ0) is 22.4. The number of nitrogens with zero attached hydrogens (tertiary/aromatic N) is 3. The number of nitrogens with one attached hydrogen (secondary N) is 1. The van der Waals surface area contributed by atoms with Gasteiger partial charge in [0, 0.05) is 17.1 Å². The molecule has 0 atom stereocenters. The second kappa shape index (κ2) is 10.7. The molecule has 0 spiro atoms. The third-order valence-electron chi connectivity index (χ3n) is 4.07. The van der Waals surface area contributed by atoms with Gasteiger partial charge in [0.15, 0.2) is 11.0 Å². The van der Waals surface area contributed by atoms with Gasteiger partial charge in [-0.3, -0.25) is 4.79 Å². The zero-order valence-corrected chi connectivity index (χ0v) is 18.5. The number of aromatic nitrogens is 3. The average Bonchev–Trinajstić information content (AvgIpc) is 3.09. The molecule has 2 aromatic carbocycles. The molecular weight excluding hydrogens is 445 g/mol. The Kier molecular flexibility index (Phi) is 8.03. The van der Waals surface area contributed by atoms with E-state index in [1.54, 1.807) is 30.3 Å². The summed E-state index contributed by atoms with van der Waals surface area (Å²) in [5, 5.41) is 11.6. The van der Waals surface area contributed by atoms with E-state index < -0.39 is 5.76 Å². The molecule has 0 fully saturated rings. The Hall–Kier alpha value is -2.46. The number of carbonyl (C=O) groups excluding carboxylic acids is 1. The van der Waals surface area contributed by atoms with Gasteiger partial charge >= 0.3 is 0 Å². The molecule has 10 heteroatoms. The molecule has 3 rings (SSSR count). The monoisotopic (exact) mass is 466 g/mol. The lowest BCUT2D eigenvalue weighted by atomic mass is 10.2. The lowest BCUT2D eigenvalue weighted by Gasteiger charge is -2.13. The van der Waals surface area contributed by atoms with Gasteiger partial charge in [0.05, 0.1) is 11.3 Å². The van der Waals surface area contributed by atoms with Gasteiger partial charge < -0.3 is 9.88 Å². The summed E-state index contributed by atoms with van der Waals surface area (Å²) < 4.78 is 40.9. The quantitative estimate of drug-likeness (QED) is 0.405. The minimum absolute atomic E-state index is 0.0705. The topological polar surface area (TPSA) is 59.8 Å². The SMILES string of the molecule is CC(C)Cn1c(SCC(=O)Nc2ccc(SC(F)F)cc2)nnc1-c1ccccc1F. The van der Waals surface area contributed by atoms with E-state index in [1.165, 1.54) is 30.0 Å². The van der Waals surface area contributed by atoms with Gasteiger partial charge in [0.25, 0.3) is 5.76 Å². The first kappa shape index (κ1) is 23.2. The molecule has 0 aliphatic carbocycles. The zero-order valence-electron chi connectivity index (χ0n) is 16.9. The number of thioether (sulfide) groups is 2. The lowest BCUT2D eigenvalue weighted by molar-refractivity contribution is -0.113. The standard InChI is InChI=1S/C21H21F3N4OS2/c1-13(2)11-28-19(16-5-3-4-6-17(16)22)26-27-21(28)30-12-18(29)25-14-7-9-15(10-8-14)31-20(23)24/h3-10,13,20H,11-12H2,1-2H3,(H,25,29). The fourth-order valence-corrected chi connectivity index (χ4v) is 4.06. The molecular formula is C21H21F3N4OS2. The summed E-state index contributed by atoms with van der Waals surface area (Å²) in [6, 6.07) is 12.6. The van der Waals surface area contributed by atoms with Crippen molar-refractivity contribution in [3.8, 4) is 11.4 Å². The highest BCUT2D eigenvalue weighted by molar-refractivity contribution is 8.00. The van der Waals surface area contributed by atoms with Gasteiger partial charge in [-0.05, 0) is 42.3 Å². The highest BCUT2D eigenvalue weighted by atomic mass is 32.2. The van der Waals surface area contributed by atoms with Crippen LogP contribution in [-0.4, -0.2) is 32.2 Å². The third kappa shape index (κ3) is 6.51. The number of rotatable bonds is 9. The molecule has 1 amide bonds. The van der Waals surface area contributed by atoms with Crippen molar-refractivity contribution >= 4 is 35.1 Å². The second-order valence-electron chi connectivity index (χ2n) is 7.03. The molecule has 1 heterocycles. The van der Waals surface area contributed by atoms with E-state index in [4.69, 9.17) is 0 Å². The number of amides is 1. The second-order valence-corrected chi connectivity index (χ2v) is 9.04. The maximum atomic E-state index is 14.3. The van der Waals surface area contributed by atoms with Crippen LogP contribution in [0.4, 0.5) is 18.9 Å². The van der Waals surface area contributed by atoms with E-state index >= 15 is 0 Å². The van der Waals surface area contributed by atoms with Crippen molar-refractivity contribution in [1.82, 2.24) is 14.8 Å². The molecule has 0 aliphatic rings. The number of hydrogen-bond acceptors (Lipinski definition) is 5. The van der Waals surface area contributed by atoms with Crippen molar-refractivity contribution in [3.05, 3.63) is 54.3 Å². The molecule has 3 aromatic rings. The van der Waals surface area contributed by atoms with Crippen LogP contribution in [-0.2, 0) is 11.3 Å². The summed E-state index contributed by atoms with van der Waals surface area (Å²) in [5.74, 6) is -2.40. The molecule has 0 aliphatic heterocycles. The molecule has 0 radical (unpaired) electrons. The fraction of sp³-hybridized carbons (Fsp3) is 0.286. The molecule has 1 N–H and O–H groups in total. The van der Waals surface area contributed by atoms with E-state index in [1.807, 2.05) is 18.4 Å². The maximum Gasteiger partial charge on any atom is 0.288 e. The van der Waals surface area contributed by atoms with Crippen LogP contribution in [0.25, 0.3) is 11.4 Å². The van der Waals surface area contributed by atoms with Gasteiger partial charge in [-0.1, -0.05) is 49.5 Å². The molecule has 0 saturated carbocycles. The average molecular weight is 467 g/mol. The number of alkyl halides is 2. The first-order valence-electron chi connectivity index (χ1n) is 9.49. The summed E-state index contributed by atoms with van der Waals surface area (Å²) in [5.41, 5.74) is 0.869. The number of anilines is 1. The van der Waals surface area contributed by atoms with Gasteiger partial charge in [0.2, 0.25) is 5.91 Å². The van der Waals surface area contributed by atoms with Crippen LogP contribution in [0.3, 0.4) is 0 Å². The van der Waals surface area contributed by atoms with E-state index in [9.17, 15) is 18.0 Å². The van der Waals surface area contributed by atoms with Gasteiger partial charge in [-0.2, -0.15) is 8.78 Å². The summed E-state index contributed by atoms with van der Waals surface area (Å²) in [7, 11) is 0. The Morgan fingerprint density at radius 1 is 1.10 bits per heavy atom. The summed E-state index contributed by atoms with van der Waals surface area (Å²) in [4.78, 5) is 12.8. The number of benzene rings is 2. The largest absolute Gasteiger partial charge is 0.325 e. The first-order valence-corrected chi connectivity index (χ1v) is 11.4. The van der Waals surface area contributed by atoms with Crippen LogP contribution in [0.2, 0.25) is 0 Å². The molecule has 164 valence electrons. The van der Waals surface area contributed by atoms with Crippen molar-refractivity contribution in [2.75, 3.05) is 11.1 Å². The van der Waals surface area contributed by atoms with Crippen LogP contribution in [0.5, 0.6) is 0 Å². The Bertz CT molecular complexity index is 1030. The minimum atomic E-state index is -2.49. The predicted molar refractivity (Wildman–Crippen MR) is 118 cm³/mol. The Balaban J connectivity index is 1.68. The highest BCUT2D eigenvalue weighted by Crippen LogP contribution is 2.28. The van der Waals surface area contributed by atoms with E-state index in [0.717, 1.165) is 0 Å². The van der Waals surface area contributed by atoms with Gasteiger partial charge in [-0.15, -0.1) is 10.2 Å². The maximum absolute atomic E-state index is 14.3. The number of hydrogen-bond donors (Lipinski definition) is 1. The third-order valence-corrected chi connectivity index (χ3v) is 5.76. The number of halogens is 3. The lowest BCUT2D eigenvalue weighted by Crippen LogP contribution is -2.15. The molecule has 0 unspecified atom stereocenters. The van der Waals surface area contributed by atoms with Crippen molar-refractivity contribution in [1.29, 1.82) is 0 Å². The van der Waals surface area contributed by atoms with Crippen LogP contribution in [0.1, 0.15) is 13.8 Å². The van der Waals surface area contributed by atoms with Crippen LogP contribution >= 0.6 is 23.5 Å². The highest BCUT2D eigenvalue weighted by Gasteiger charge is 2.19. The minimum Gasteiger partial charge on any atom is -0.325 e. The summed E-state index contributed by atoms with van der Waals surface area (Å²) in [6.45, 7) is 4.63. The Labute approximate surface area is 186 Å². The predicted octanol–water partition coefficient (Wildman–Crippen LogP) is 5.79. The van der Waals surface area contributed by atoms with Crippen molar-refractivity contribution < 1.29 is 18.0 Å². The van der Waals surface area contributed by atoms with Gasteiger partial charge in [0.1, 0.15) is 5.82 Å². The van der Waals surface area contributed by atoms with Crippen molar-refractivity contribution in [3.63, 3.8) is 0 Å². The molecule has 5 nitrogen and oxygen atoms in total. The molecule has 0 saturated heterocycles. The van der Waals surface area contributed by atoms with Crippen LogP contribution < -0.4 is 5.32 Å². The summed E-state index contributed by atoms with van der Waals surface area (Å²) in [6.07, 6.45) is 0. The molecule has 31 heavy (non-hydrogen) atoms. The van der Waals surface area contributed by atoms with Crippen LogP contribution in [0.15, 0.2) is 58.6 Å². The number of carbonyl (C=O) groups is 1. The van der Waals surface area contributed by atoms with Crippen molar-refractivity contribution in [2.24, 2.45) is 5.92 Å². The van der Waals surface area contributed by atoms with E-state index in [-0.39, 0.29) is 23.4 Å². The van der Waals surface area contributed by atoms with E-state index in [2.05, 4.69) is 15.5 Å².